The average Bonchev–Trinajstić information content (AvgIpc) is 2.03. The summed E-state index contributed by atoms with van der Waals surface area (Å²) in [4.78, 5) is 5.94. The van der Waals surface area contributed by atoms with Gasteiger partial charge in [-0.05, 0) is 26.0 Å². The third-order valence-corrected chi connectivity index (χ3v) is 1.34. The van der Waals surface area contributed by atoms with Crippen LogP contribution in [0.15, 0.2) is 4.99 Å². The molecule has 0 atom stereocenters. The molecule has 0 aliphatic rings. The second kappa shape index (κ2) is 6.83. The fraction of sp³-hybridized carbons (Fsp3) is 0.875. The van der Waals surface area contributed by atoms with Crippen LogP contribution in [0.1, 0.15) is 13.3 Å². The lowest BCUT2D eigenvalue weighted by Crippen LogP contribution is -2.13. The van der Waals surface area contributed by atoms with Crippen LogP contribution in [0.4, 0.5) is 0 Å². The second-order valence-corrected chi connectivity index (χ2v) is 2.83. The summed E-state index contributed by atoms with van der Waals surface area (Å²) < 4.78 is 0.704. The highest BCUT2D eigenvalue weighted by Gasteiger charge is 1.90. The van der Waals surface area contributed by atoms with Gasteiger partial charge in [-0.25, -0.2) is 4.74 Å². The van der Waals surface area contributed by atoms with Crippen LogP contribution in [0, 0.1) is 5.21 Å². The van der Waals surface area contributed by atoms with Crippen molar-refractivity contribution in [2.45, 2.75) is 13.3 Å². The van der Waals surface area contributed by atoms with E-state index in [0.717, 1.165) is 13.0 Å². The van der Waals surface area contributed by atoms with Gasteiger partial charge in [-0.15, -0.1) is 0 Å². The van der Waals surface area contributed by atoms with E-state index in [2.05, 4.69) is 15.9 Å². The number of aliphatic imine (C=N–C) groups is 1. The van der Waals surface area contributed by atoms with Gasteiger partial charge in [0.2, 0.25) is 0 Å². The molecule has 0 fully saturated rings. The maximum absolute atomic E-state index is 10.6. The Labute approximate surface area is 73.8 Å². The standard InChI is InChI=1S/C8H17N3O/c1-4-11(12)8-9-6-5-7-10(2)3/h4-7H2,1-3H3. The molecule has 0 spiro atoms. The van der Waals surface area contributed by atoms with Crippen LogP contribution in [0.5, 0.6) is 0 Å². The van der Waals surface area contributed by atoms with Crippen molar-refractivity contribution in [3.8, 4) is 0 Å². The Morgan fingerprint density at radius 2 is 2.17 bits per heavy atom. The Hall–Kier alpha value is -0.860. The van der Waals surface area contributed by atoms with Gasteiger partial charge in [0.1, 0.15) is 6.54 Å². The van der Waals surface area contributed by atoms with Gasteiger partial charge in [-0.2, -0.15) is 0 Å². The van der Waals surface area contributed by atoms with Crippen LogP contribution in [0.2, 0.25) is 0 Å². The fourth-order valence-electron chi connectivity index (χ4n) is 0.666. The highest BCUT2D eigenvalue weighted by atomic mass is 16.5. The number of nitrogens with zero attached hydrogens (tertiary/aromatic N) is 3. The summed E-state index contributed by atoms with van der Waals surface area (Å²) in [7, 11) is 4.03. The Morgan fingerprint density at radius 1 is 1.50 bits per heavy atom. The third kappa shape index (κ3) is 7.25. The van der Waals surface area contributed by atoms with Crippen LogP contribution >= 0.6 is 0 Å². The van der Waals surface area contributed by atoms with E-state index < -0.39 is 0 Å². The van der Waals surface area contributed by atoms with Crippen LogP contribution in [-0.4, -0.2) is 49.4 Å². The van der Waals surface area contributed by atoms with E-state index in [1.807, 2.05) is 14.1 Å². The maximum atomic E-state index is 10.6. The molecule has 0 amide bonds. The Bertz CT molecular complexity index is 171. The van der Waals surface area contributed by atoms with Crippen LogP contribution in [-0.2, 0) is 0 Å². The van der Waals surface area contributed by atoms with E-state index in [0.29, 0.717) is 17.8 Å². The molecule has 0 aromatic carbocycles. The van der Waals surface area contributed by atoms with Crippen molar-refractivity contribution < 1.29 is 4.74 Å². The van der Waals surface area contributed by atoms with Crippen molar-refractivity contribution in [1.82, 2.24) is 4.90 Å². The molecule has 0 saturated heterocycles. The van der Waals surface area contributed by atoms with E-state index in [-0.39, 0.29) is 0 Å². The van der Waals surface area contributed by atoms with E-state index in [1.54, 1.807) is 6.92 Å². The van der Waals surface area contributed by atoms with Crippen LogP contribution in [0.3, 0.4) is 0 Å². The highest BCUT2D eigenvalue weighted by Crippen LogP contribution is 1.82. The highest BCUT2D eigenvalue weighted by molar-refractivity contribution is 5.33. The van der Waals surface area contributed by atoms with E-state index >= 15 is 0 Å². The van der Waals surface area contributed by atoms with Gasteiger partial charge in [0.25, 0.3) is 0 Å². The van der Waals surface area contributed by atoms with Crippen molar-refractivity contribution in [2.24, 2.45) is 4.99 Å². The van der Waals surface area contributed by atoms with E-state index in [1.165, 1.54) is 0 Å². The third-order valence-electron chi connectivity index (χ3n) is 1.34. The molecule has 0 rings (SSSR count). The largest absolute Gasteiger partial charge is 0.708 e. The predicted molar refractivity (Wildman–Crippen MR) is 49.6 cm³/mol. The first-order valence-corrected chi connectivity index (χ1v) is 4.18. The van der Waals surface area contributed by atoms with Gasteiger partial charge in [-0.1, -0.05) is 0 Å². The van der Waals surface area contributed by atoms with Crippen molar-refractivity contribution in [3.63, 3.8) is 0 Å². The molecule has 4 nitrogen and oxygen atoms in total. The zero-order valence-corrected chi connectivity index (χ0v) is 8.08. The first-order chi connectivity index (χ1) is 5.66. The molecule has 0 N–H and O–H groups in total. The molecule has 0 radical (unpaired) electrons. The molecule has 0 aliphatic carbocycles. The van der Waals surface area contributed by atoms with Gasteiger partial charge < -0.3 is 10.1 Å². The molecule has 0 unspecified atom stereocenters. The summed E-state index contributed by atoms with van der Waals surface area (Å²) in [5, 5.41) is 10.6. The molecule has 0 saturated carbocycles. The number of rotatable bonds is 5. The summed E-state index contributed by atoms with van der Waals surface area (Å²) in [6.07, 6.45) is 0.970. The summed E-state index contributed by atoms with van der Waals surface area (Å²) in [6, 6.07) is 2.39. The molecule has 12 heavy (non-hydrogen) atoms. The van der Waals surface area contributed by atoms with Crippen molar-refractivity contribution >= 4 is 6.01 Å². The van der Waals surface area contributed by atoms with Crippen molar-refractivity contribution in [2.75, 3.05) is 33.7 Å². The fourth-order valence-corrected chi connectivity index (χ4v) is 0.666. The Morgan fingerprint density at radius 3 is 2.67 bits per heavy atom. The molecule has 0 aromatic rings. The smallest absolute Gasteiger partial charge is 0.310 e. The topological polar surface area (TPSA) is 41.7 Å². The SMILES string of the molecule is CC[N+]([O-])=C=NCCCN(C)C. The molecule has 0 heterocycles. The molecule has 70 valence electrons. The average molecular weight is 171 g/mol. The monoisotopic (exact) mass is 171 g/mol. The zero-order valence-electron chi connectivity index (χ0n) is 8.08. The molecule has 0 aliphatic heterocycles. The summed E-state index contributed by atoms with van der Waals surface area (Å²) in [6.45, 7) is 3.86. The van der Waals surface area contributed by atoms with E-state index in [4.69, 9.17) is 0 Å². The lowest BCUT2D eigenvalue weighted by molar-refractivity contribution is -0.446. The normalized spacial score (nSPS) is 9.67. The van der Waals surface area contributed by atoms with Crippen LogP contribution < -0.4 is 0 Å². The minimum Gasteiger partial charge on any atom is -0.708 e. The van der Waals surface area contributed by atoms with Crippen LogP contribution in [0.25, 0.3) is 0 Å². The first-order valence-electron chi connectivity index (χ1n) is 4.18. The molecule has 0 bridgehead atoms. The summed E-state index contributed by atoms with van der Waals surface area (Å²) >= 11 is 0. The zero-order chi connectivity index (χ0) is 9.40. The van der Waals surface area contributed by atoms with Gasteiger partial charge in [-0.3, -0.25) is 0 Å². The predicted octanol–water partition coefficient (Wildman–Crippen LogP) is 0.642. The lowest BCUT2D eigenvalue weighted by atomic mass is 10.4. The van der Waals surface area contributed by atoms with Crippen molar-refractivity contribution in [1.29, 1.82) is 0 Å². The Kier molecular flexibility index (Phi) is 6.34. The van der Waals surface area contributed by atoms with E-state index in [9.17, 15) is 5.21 Å². The number of hydrogen-bond donors (Lipinski definition) is 0. The van der Waals surface area contributed by atoms with Gasteiger partial charge >= 0.3 is 6.01 Å². The van der Waals surface area contributed by atoms with Gasteiger partial charge in [0.15, 0.2) is 0 Å². The number of hydroxylamine groups is 1. The molecule has 0 aromatic heterocycles. The number of hydrogen-bond acceptors (Lipinski definition) is 3. The molecular formula is C8H17N3O. The first kappa shape index (κ1) is 11.1. The quantitative estimate of drug-likeness (QED) is 0.200. The summed E-state index contributed by atoms with van der Waals surface area (Å²) in [5.41, 5.74) is 0. The maximum Gasteiger partial charge on any atom is 0.310 e. The summed E-state index contributed by atoms with van der Waals surface area (Å²) in [5.74, 6) is 0. The van der Waals surface area contributed by atoms with Gasteiger partial charge in [0, 0.05) is 13.0 Å². The minimum atomic E-state index is 0.414. The second-order valence-electron chi connectivity index (χ2n) is 2.83. The minimum absolute atomic E-state index is 0.414. The van der Waals surface area contributed by atoms with Crippen molar-refractivity contribution in [3.05, 3.63) is 5.21 Å². The molecular weight excluding hydrogens is 154 g/mol. The Balaban J connectivity index is 3.48. The lowest BCUT2D eigenvalue weighted by Gasteiger charge is -2.04. The van der Waals surface area contributed by atoms with Gasteiger partial charge in [0.05, 0.1) is 6.54 Å². The molecule has 4 heteroatoms.